The summed E-state index contributed by atoms with van der Waals surface area (Å²) in [5.41, 5.74) is 0.615. The Morgan fingerprint density at radius 2 is 1.74 bits per heavy atom. The van der Waals surface area contributed by atoms with Crippen LogP contribution in [-0.2, 0) is 14.9 Å². The monoisotopic (exact) mass is 279 g/mol. The first kappa shape index (κ1) is 13.4. The van der Waals surface area contributed by atoms with Gasteiger partial charge in [-0.15, -0.1) is 0 Å². The van der Waals surface area contributed by atoms with Gasteiger partial charge in [-0.05, 0) is 12.1 Å². The standard InChI is InChI=1S/C13H13NO4S/c1-9(15)14-12-7-8-13(18-19(2,16)17)11-6-4-3-5-10(11)12/h3-8H,1-2H3,(H,14,15). The number of fused-ring (bicyclic) bond motifs is 1. The summed E-state index contributed by atoms with van der Waals surface area (Å²) in [6.07, 6.45) is 0.990. The van der Waals surface area contributed by atoms with E-state index < -0.39 is 10.1 Å². The van der Waals surface area contributed by atoms with Crippen LogP contribution in [0.25, 0.3) is 10.8 Å². The second kappa shape index (κ2) is 4.89. The molecule has 19 heavy (non-hydrogen) atoms. The van der Waals surface area contributed by atoms with E-state index in [1.165, 1.54) is 13.0 Å². The van der Waals surface area contributed by atoms with E-state index in [1.54, 1.807) is 30.3 Å². The fourth-order valence-corrected chi connectivity index (χ4v) is 2.28. The average molecular weight is 279 g/mol. The molecule has 0 aromatic heterocycles. The second-order valence-electron chi connectivity index (χ2n) is 4.13. The highest BCUT2D eigenvalue weighted by molar-refractivity contribution is 7.86. The van der Waals surface area contributed by atoms with E-state index >= 15 is 0 Å². The van der Waals surface area contributed by atoms with E-state index in [1.807, 2.05) is 0 Å². The molecule has 2 aromatic carbocycles. The molecular formula is C13H13NO4S. The molecule has 0 saturated carbocycles. The summed E-state index contributed by atoms with van der Waals surface area (Å²) in [4.78, 5) is 11.1. The molecule has 100 valence electrons. The van der Waals surface area contributed by atoms with E-state index in [4.69, 9.17) is 4.18 Å². The van der Waals surface area contributed by atoms with Gasteiger partial charge < -0.3 is 9.50 Å². The minimum absolute atomic E-state index is 0.193. The molecule has 0 heterocycles. The zero-order valence-corrected chi connectivity index (χ0v) is 11.3. The first-order valence-corrected chi connectivity index (χ1v) is 7.37. The van der Waals surface area contributed by atoms with Crippen LogP contribution in [-0.4, -0.2) is 20.6 Å². The van der Waals surface area contributed by atoms with Crippen LogP contribution in [0.15, 0.2) is 36.4 Å². The lowest BCUT2D eigenvalue weighted by molar-refractivity contribution is -0.114. The van der Waals surface area contributed by atoms with Crippen molar-refractivity contribution in [2.24, 2.45) is 0 Å². The summed E-state index contributed by atoms with van der Waals surface area (Å²) in [5, 5.41) is 4.04. The zero-order chi connectivity index (χ0) is 14.0. The van der Waals surface area contributed by atoms with Gasteiger partial charge in [-0.3, -0.25) is 4.79 Å². The van der Waals surface area contributed by atoms with Crippen molar-refractivity contribution in [3.63, 3.8) is 0 Å². The number of hydrogen-bond acceptors (Lipinski definition) is 4. The minimum atomic E-state index is -3.59. The molecule has 0 fully saturated rings. The van der Waals surface area contributed by atoms with E-state index in [2.05, 4.69) is 5.32 Å². The Balaban J connectivity index is 2.61. The lowest BCUT2D eigenvalue weighted by atomic mass is 10.1. The molecule has 2 rings (SSSR count). The fraction of sp³-hybridized carbons (Fsp3) is 0.154. The Kier molecular flexibility index (Phi) is 3.44. The van der Waals surface area contributed by atoms with Crippen LogP contribution < -0.4 is 9.50 Å². The topological polar surface area (TPSA) is 72.5 Å². The molecule has 0 spiro atoms. The van der Waals surface area contributed by atoms with Crippen molar-refractivity contribution in [3.05, 3.63) is 36.4 Å². The van der Waals surface area contributed by atoms with Gasteiger partial charge in [-0.25, -0.2) is 0 Å². The SMILES string of the molecule is CC(=O)Nc1ccc(OS(C)(=O)=O)c2ccccc12. The third-order valence-electron chi connectivity index (χ3n) is 2.44. The molecule has 0 aliphatic carbocycles. The number of carbonyl (C=O) groups excluding carboxylic acids is 1. The van der Waals surface area contributed by atoms with Gasteiger partial charge in [0.15, 0.2) is 5.75 Å². The lowest BCUT2D eigenvalue weighted by Crippen LogP contribution is -2.08. The van der Waals surface area contributed by atoms with Gasteiger partial charge in [0.05, 0.1) is 6.26 Å². The molecule has 5 nitrogen and oxygen atoms in total. The summed E-state index contributed by atoms with van der Waals surface area (Å²) in [5.74, 6) is 0.0501. The molecule has 6 heteroatoms. The van der Waals surface area contributed by atoms with Gasteiger partial charge in [0.2, 0.25) is 5.91 Å². The molecule has 0 saturated heterocycles. The van der Waals surface area contributed by atoms with E-state index in [9.17, 15) is 13.2 Å². The third kappa shape index (κ3) is 3.23. The van der Waals surface area contributed by atoms with Crippen molar-refractivity contribution >= 4 is 32.5 Å². The predicted molar refractivity (Wildman–Crippen MR) is 73.7 cm³/mol. The average Bonchev–Trinajstić information content (AvgIpc) is 2.30. The first-order valence-electron chi connectivity index (χ1n) is 5.55. The van der Waals surface area contributed by atoms with Crippen LogP contribution in [0.5, 0.6) is 5.75 Å². The molecule has 0 aliphatic rings. The van der Waals surface area contributed by atoms with Gasteiger partial charge in [0, 0.05) is 23.4 Å². The maximum Gasteiger partial charge on any atom is 0.306 e. The molecule has 0 radical (unpaired) electrons. The van der Waals surface area contributed by atoms with Crippen LogP contribution in [0.2, 0.25) is 0 Å². The molecule has 1 N–H and O–H groups in total. The zero-order valence-electron chi connectivity index (χ0n) is 10.5. The van der Waals surface area contributed by atoms with Crippen molar-refractivity contribution < 1.29 is 17.4 Å². The Morgan fingerprint density at radius 3 is 2.32 bits per heavy atom. The largest absolute Gasteiger partial charge is 0.382 e. The number of nitrogens with one attached hydrogen (secondary N) is 1. The highest BCUT2D eigenvalue weighted by atomic mass is 32.2. The number of carbonyl (C=O) groups is 1. The van der Waals surface area contributed by atoms with Crippen molar-refractivity contribution in [3.8, 4) is 5.75 Å². The van der Waals surface area contributed by atoms with Gasteiger partial charge in [0.1, 0.15) is 0 Å². The fourth-order valence-electron chi connectivity index (χ4n) is 1.81. The van der Waals surface area contributed by atoms with Crippen molar-refractivity contribution in [1.29, 1.82) is 0 Å². The number of anilines is 1. The second-order valence-corrected chi connectivity index (χ2v) is 5.70. The maximum atomic E-state index is 11.2. The van der Waals surface area contributed by atoms with Crippen LogP contribution in [0.4, 0.5) is 5.69 Å². The van der Waals surface area contributed by atoms with Crippen molar-refractivity contribution in [1.82, 2.24) is 0 Å². The summed E-state index contributed by atoms with van der Waals surface area (Å²) in [6.45, 7) is 1.41. The number of rotatable bonds is 3. The Morgan fingerprint density at radius 1 is 1.11 bits per heavy atom. The normalized spacial score (nSPS) is 11.3. The first-order chi connectivity index (χ1) is 8.87. The van der Waals surface area contributed by atoms with Gasteiger partial charge in [-0.1, -0.05) is 24.3 Å². The number of benzene rings is 2. The van der Waals surface area contributed by atoms with Crippen LogP contribution in [0.3, 0.4) is 0 Å². The minimum Gasteiger partial charge on any atom is -0.382 e. The molecule has 0 atom stereocenters. The Labute approximate surface area is 111 Å². The lowest BCUT2D eigenvalue weighted by Gasteiger charge is -2.11. The Hall–Kier alpha value is -2.08. The smallest absolute Gasteiger partial charge is 0.306 e. The molecule has 2 aromatic rings. The number of hydrogen-bond donors (Lipinski definition) is 1. The maximum absolute atomic E-state index is 11.2. The molecule has 1 amide bonds. The van der Waals surface area contributed by atoms with Gasteiger partial charge >= 0.3 is 10.1 Å². The summed E-state index contributed by atoms with van der Waals surface area (Å²) in [6, 6.07) is 10.2. The number of amides is 1. The quantitative estimate of drug-likeness (QED) is 0.874. The van der Waals surface area contributed by atoms with Crippen LogP contribution in [0, 0.1) is 0 Å². The third-order valence-corrected chi connectivity index (χ3v) is 2.92. The van der Waals surface area contributed by atoms with Gasteiger partial charge in [0.25, 0.3) is 0 Å². The van der Waals surface area contributed by atoms with Crippen molar-refractivity contribution in [2.75, 3.05) is 11.6 Å². The van der Waals surface area contributed by atoms with E-state index in [0.717, 1.165) is 11.6 Å². The molecule has 0 bridgehead atoms. The van der Waals surface area contributed by atoms with Crippen molar-refractivity contribution in [2.45, 2.75) is 6.92 Å². The van der Waals surface area contributed by atoms with Crippen LogP contribution in [0.1, 0.15) is 6.92 Å². The Bertz CT molecular complexity index is 737. The van der Waals surface area contributed by atoms with E-state index in [0.29, 0.717) is 11.1 Å². The van der Waals surface area contributed by atoms with E-state index in [-0.39, 0.29) is 11.7 Å². The highest BCUT2D eigenvalue weighted by Crippen LogP contribution is 2.32. The predicted octanol–water partition coefficient (Wildman–Crippen LogP) is 2.14. The molecule has 0 aliphatic heterocycles. The summed E-state index contributed by atoms with van der Waals surface area (Å²) >= 11 is 0. The molecular weight excluding hydrogens is 266 g/mol. The summed E-state index contributed by atoms with van der Waals surface area (Å²) < 4.78 is 27.4. The molecule has 0 unspecified atom stereocenters. The van der Waals surface area contributed by atoms with Crippen LogP contribution >= 0.6 is 0 Å². The summed E-state index contributed by atoms with van der Waals surface area (Å²) in [7, 11) is -3.59. The van der Waals surface area contributed by atoms with Gasteiger partial charge in [-0.2, -0.15) is 8.42 Å². The highest BCUT2D eigenvalue weighted by Gasteiger charge is 2.11.